The average Bonchev–Trinajstić information content (AvgIpc) is 1.12. The van der Waals surface area contributed by atoms with Gasteiger partial charge in [0.1, 0.15) is 0 Å². The molecule has 0 radical (unpaired) electrons. The topological polar surface area (TPSA) is 0 Å². The van der Waals surface area contributed by atoms with E-state index in [0.29, 0.717) is 0 Å². The molecule has 0 aromatic heterocycles. The number of hydrogen-bond acceptors (Lipinski definition) is 0. The molecule has 0 nitrogen and oxygen atoms in total. The Morgan fingerprint density at radius 2 is 0.625 bits per heavy atom. The van der Waals surface area contributed by atoms with E-state index in [-0.39, 0.29) is 0 Å². The van der Waals surface area contributed by atoms with Crippen LogP contribution >= 0.6 is 0 Å². The molecule has 0 N–H and O–H groups in total. The van der Waals surface area contributed by atoms with E-state index >= 15 is 0 Å². The lowest BCUT2D eigenvalue weighted by atomic mass is 10.1. The van der Waals surface area contributed by atoms with Gasteiger partial charge in [0.25, 0.3) is 0 Å². The van der Waals surface area contributed by atoms with E-state index in [9.17, 15) is 0 Å². The molecule has 8 heavy (non-hydrogen) atoms. The number of rotatable bonds is 0. The molecule has 0 heterocycles. The van der Waals surface area contributed by atoms with Crippen LogP contribution in [0.3, 0.4) is 0 Å². The van der Waals surface area contributed by atoms with E-state index in [1.54, 1.807) is 0 Å². The summed E-state index contributed by atoms with van der Waals surface area (Å²) in [5, 5.41) is 0. The molecule has 2 aliphatic carbocycles. The Morgan fingerprint density at radius 3 is 0.625 bits per heavy atom. The van der Waals surface area contributed by atoms with Crippen LogP contribution in [-0.2, 0) is 0 Å². The van der Waals surface area contributed by atoms with Crippen molar-refractivity contribution in [2.75, 3.05) is 0 Å². The molecule has 2 aliphatic rings. The highest BCUT2D eigenvalue weighted by Crippen LogP contribution is 2.02. The van der Waals surface area contributed by atoms with Crippen molar-refractivity contribution in [3.05, 3.63) is 24.3 Å². The first-order valence-corrected chi connectivity index (χ1v) is 3.30. The lowest BCUT2D eigenvalue weighted by molar-refractivity contribution is 0.962. The standard InChI is InChI=1S/2C4H6/c2*1-2-4-3-1/h2*1-2H,3-4H2. The van der Waals surface area contributed by atoms with Gasteiger partial charge in [0.2, 0.25) is 0 Å². The Bertz CT molecular complexity index is 72.6. The zero-order valence-corrected chi connectivity index (χ0v) is 5.14. The van der Waals surface area contributed by atoms with Crippen molar-refractivity contribution < 1.29 is 0 Å². The van der Waals surface area contributed by atoms with Gasteiger partial charge in [-0.05, 0) is 25.7 Å². The van der Waals surface area contributed by atoms with E-state index in [2.05, 4.69) is 24.3 Å². The minimum Gasteiger partial charge on any atom is -0.0882 e. The summed E-state index contributed by atoms with van der Waals surface area (Å²) in [7, 11) is 0. The molecule has 0 unspecified atom stereocenters. The highest BCUT2D eigenvalue weighted by molar-refractivity contribution is 4.93. The van der Waals surface area contributed by atoms with Crippen LogP contribution in [0.1, 0.15) is 25.7 Å². The van der Waals surface area contributed by atoms with Gasteiger partial charge in [-0.2, -0.15) is 0 Å². The van der Waals surface area contributed by atoms with Gasteiger partial charge >= 0.3 is 0 Å². The van der Waals surface area contributed by atoms with Crippen molar-refractivity contribution in [3.63, 3.8) is 0 Å². The monoisotopic (exact) mass is 108 g/mol. The maximum Gasteiger partial charge on any atom is -0.0316 e. The Morgan fingerprint density at radius 1 is 0.500 bits per heavy atom. The van der Waals surface area contributed by atoms with Crippen molar-refractivity contribution in [2.24, 2.45) is 0 Å². The van der Waals surface area contributed by atoms with Crippen LogP contribution in [-0.4, -0.2) is 0 Å². The normalized spacial score (nSPS) is 20.0. The van der Waals surface area contributed by atoms with Crippen molar-refractivity contribution in [3.8, 4) is 0 Å². The molecule has 0 heteroatoms. The zero-order valence-electron chi connectivity index (χ0n) is 5.14. The van der Waals surface area contributed by atoms with Crippen LogP contribution in [0.15, 0.2) is 24.3 Å². The largest absolute Gasteiger partial charge is 0.0882 e. The van der Waals surface area contributed by atoms with E-state index < -0.39 is 0 Å². The molecular formula is C8H12. The van der Waals surface area contributed by atoms with Gasteiger partial charge in [0.05, 0.1) is 0 Å². The summed E-state index contributed by atoms with van der Waals surface area (Å²) < 4.78 is 0. The Kier molecular flexibility index (Phi) is 2.44. The van der Waals surface area contributed by atoms with E-state index in [1.165, 1.54) is 25.7 Å². The first-order chi connectivity index (χ1) is 4.00. The predicted molar refractivity (Wildman–Crippen MR) is 36.7 cm³/mol. The summed E-state index contributed by atoms with van der Waals surface area (Å²) in [5.74, 6) is 0. The van der Waals surface area contributed by atoms with Crippen LogP contribution in [0.2, 0.25) is 0 Å². The Hall–Kier alpha value is -0.520. The summed E-state index contributed by atoms with van der Waals surface area (Å²) in [6.07, 6.45) is 14.0. The molecule has 0 aliphatic heterocycles. The van der Waals surface area contributed by atoms with Gasteiger partial charge < -0.3 is 0 Å². The summed E-state index contributed by atoms with van der Waals surface area (Å²) >= 11 is 0. The molecule has 0 amide bonds. The van der Waals surface area contributed by atoms with Crippen LogP contribution in [0.25, 0.3) is 0 Å². The van der Waals surface area contributed by atoms with Crippen molar-refractivity contribution in [1.82, 2.24) is 0 Å². The molecule has 0 aromatic rings. The van der Waals surface area contributed by atoms with Gasteiger partial charge in [-0.3, -0.25) is 0 Å². The van der Waals surface area contributed by atoms with Gasteiger partial charge in [-0.15, -0.1) is 0 Å². The maximum absolute atomic E-state index is 2.18. The lowest BCUT2D eigenvalue weighted by Crippen LogP contribution is -1.71. The highest BCUT2D eigenvalue weighted by atomic mass is 13.9. The second kappa shape index (κ2) is 3.48. The van der Waals surface area contributed by atoms with Crippen LogP contribution in [0.5, 0.6) is 0 Å². The molecule has 0 atom stereocenters. The van der Waals surface area contributed by atoms with Gasteiger partial charge in [0.15, 0.2) is 0 Å². The van der Waals surface area contributed by atoms with Gasteiger partial charge in [-0.1, -0.05) is 24.3 Å². The summed E-state index contributed by atoms with van der Waals surface area (Å²) in [6, 6.07) is 0. The third-order valence-electron chi connectivity index (χ3n) is 1.33. The smallest absolute Gasteiger partial charge is 0.0316 e. The highest BCUT2D eigenvalue weighted by Gasteiger charge is 1.81. The van der Waals surface area contributed by atoms with Gasteiger partial charge in [0, 0.05) is 0 Å². The van der Waals surface area contributed by atoms with Crippen LogP contribution in [0.4, 0.5) is 0 Å². The van der Waals surface area contributed by atoms with Crippen molar-refractivity contribution in [1.29, 1.82) is 0 Å². The van der Waals surface area contributed by atoms with Crippen molar-refractivity contribution in [2.45, 2.75) is 25.7 Å². The summed E-state index contributed by atoms with van der Waals surface area (Å²) in [4.78, 5) is 0. The molecular weight excluding hydrogens is 96.1 g/mol. The second-order valence-corrected chi connectivity index (χ2v) is 2.10. The molecule has 0 fully saturated rings. The molecule has 0 spiro atoms. The molecule has 0 saturated carbocycles. The molecule has 0 bridgehead atoms. The minimum atomic E-state index is 1.32. The first-order valence-electron chi connectivity index (χ1n) is 3.30. The van der Waals surface area contributed by atoms with E-state index in [0.717, 1.165) is 0 Å². The summed E-state index contributed by atoms with van der Waals surface area (Å²) in [6.45, 7) is 0. The third kappa shape index (κ3) is 1.97. The third-order valence-corrected chi connectivity index (χ3v) is 1.33. The fraction of sp³-hybridized carbons (Fsp3) is 0.500. The minimum absolute atomic E-state index is 1.32. The Balaban J connectivity index is 0.0000000800. The molecule has 2 rings (SSSR count). The van der Waals surface area contributed by atoms with Crippen LogP contribution in [0, 0.1) is 0 Å². The summed E-state index contributed by atoms with van der Waals surface area (Å²) in [5.41, 5.74) is 0. The van der Waals surface area contributed by atoms with Crippen molar-refractivity contribution >= 4 is 0 Å². The van der Waals surface area contributed by atoms with Crippen LogP contribution < -0.4 is 0 Å². The molecule has 0 aromatic carbocycles. The zero-order chi connectivity index (χ0) is 5.66. The quantitative estimate of drug-likeness (QED) is 0.418. The predicted octanol–water partition coefficient (Wildman–Crippen LogP) is 2.67. The number of allylic oxidation sites excluding steroid dienone is 4. The Labute approximate surface area is 50.9 Å². The maximum atomic E-state index is 2.18. The molecule has 0 saturated heterocycles. The van der Waals surface area contributed by atoms with E-state index in [4.69, 9.17) is 0 Å². The molecule has 44 valence electrons. The fourth-order valence-electron chi connectivity index (χ4n) is 0.333. The average molecular weight is 108 g/mol. The van der Waals surface area contributed by atoms with E-state index in [1.807, 2.05) is 0 Å². The van der Waals surface area contributed by atoms with Gasteiger partial charge in [-0.25, -0.2) is 0 Å². The lowest BCUT2D eigenvalue weighted by Gasteiger charge is -1.92. The fourth-order valence-corrected chi connectivity index (χ4v) is 0.333. The second-order valence-electron chi connectivity index (χ2n) is 2.10. The number of hydrogen-bond donors (Lipinski definition) is 0. The first kappa shape index (κ1) is 5.61. The SMILES string of the molecule is C1=CCC1.C1=CCC1.